The molecule has 0 rings (SSSR count). The molecule has 0 fully saturated rings. The molecule has 2 N–H and O–H groups in total. The largest absolute Gasteiger partial charge is 0.356 e. The highest BCUT2D eigenvalue weighted by Gasteiger charge is 2.03. The average Bonchev–Trinajstić information content (AvgIpc) is 2.08. The van der Waals surface area contributed by atoms with E-state index < -0.39 is 9.84 Å². The molecule has 6 heteroatoms. The molecular weight excluding hydrogens is 214 g/mol. The van der Waals surface area contributed by atoms with Crippen LogP contribution in [0.25, 0.3) is 0 Å². The molecule has 15 heavy (non-hydrogen) atoms. The molecule has 0 spiro atoms. The summed E-state index contributed by atoms with van der Waals surface area (Å²) in [4.78, 5) is 3.98. The van der Waals surface area contributed by atoms with E-state index in [-0.39, 0.29) is 5.75 Å². The minimum absolute atomic E-state index is 0.120. The molecule has 0 radical (unpaired) electrons. The van der Waals surface area contributed by atoms with Crippen LogP contribution in [0.2, 0.25) is 0 Å². The van der Waals surface area contributed by atoms with Crippen LogP contribution in [-0.2, 0) is 9.84 Å². The van der Waals surface area contributed by atoms with Gasteiger partial charge in [-0.05, 0) is 5.92 Å². The number of guanidine groups is 1. The molecule has 0 aliphatic rings. The van der Waals surface area contributed by atoms with E-state index in [1.165, 1.54) is 6.26 Å². The zero-order valence-corrected chi connectivity index (χ0v) is 10.7. The second-order valence-electron chi connectivity index (χ2n) is 3.90. The lowest BCUT2D eigenvalue weighted by molar-refractivity contribution is 0.598. The monoisotopic (exact) mass is 235 g/mol. The van der Waals surface area contributed by atoms with Crippen LogP contribution in [0.4, 0.5) is 0 Å². The van der Waals surface area contributed by atoms with Gasteiger partial charge in [-0.3, -0.25) is 4.99 Å². The molecule has 0 aromatic carbocycles. The first-order chi connectivity index (χ1) is 6.85. The van der Waals surface area contributed by atoms with Gasteiger partial charge < -0.3 is 10.6 Å². The third-order valence-electron chi connectivity index (χ3n) is 1.67. The summed E-state index contributed by atoms with van der Waals surface area (Å²) in [6, 6.07) is 0. The number of sulfone groups is 1. The molecule has 0 aromatic rings. The Balaban J connectivity index is 3.83. The van der Waals surface area contributed by atoms with Crippen molar-refractivity contribution >= 4 is 15.8 Å². The lowest BCUT2D eigenvalue weighted by atomic mass is 10.2. The van der Waals surface area contributed by atoms with E-state index in [2.05, 4.69) is 29.5 Å². The number of hydrogen-bond donors (Lipinski definition) is 2. The highest BCUT2D eigenvalue weighted by molar-refractivity contribution is 7.90. The minimum Gasteiger partial charge on any atom is -0.356 e. The fourth-order valence-corrected chi connectivity index (χ4v) is 1.35. The van der Waals surface area contributed by atoms with Crippen LogP contribution in [0.15, 0.2) is 4.99 Å². The van der Waals surface area contributed by atoms with Crippen LogP contribution in [0, 0.1) is 5.92 Å². The van der Waals surface area contributed by atoms with Crippen molar-refractivity contribution in [2.45, 2.75) is 13.8 Å². The minimum atomic E-state index is -2.90. The molecule has 0 aromatic heterocycles. The smallest absolute Gasteiger partial charge is 0.191 e. The van der Waals surface area contributed by atoms with Gasteiger partial charge in [-0.15, -0.1) is 0 Å². The molecule has 0 saturated carbocycles. The molecule has 0 amide bonds. The van der Waals surface area contributed by atoms with E-state index in [4.69, 9.17) is 0 Å². The number of aliphatic imine (C=N–C) groups is 1. The second kappa shape index (κ2) is 6.66. The van der Waals surface area contributed by atoms with Gasteiger partial charge in [0.1, 0.15) is 9.84 Å². The van der Waals surface area contributed by atoms with Crippen LogP contribution < -0.4 is 10.6 Å². The maximum atomic E-state index is 10.9. The zero-order chi connectivity index (χ0) is 11.9. The molecule has 0 bridgehead atoms. The van der Waals surface area contributed by atoms with Crippen molar-refractivity contribution in [1.29, 1.82) is 0 Å². The first-order valence-electron chi connectivity index (χ1n) is 4.97. The Labute approximate surface area is 92.3 Å². The summed E-state index contributed by atoms with van der Waals surface area (Å²) in [5, 5.41) is 6.04. The number of rotatable bonds is 5. The number of nitrogens with one attached hydrogen (secondary N) is 2. The lowest BCUT2D eigenvalue weighted by Gasteiger charge is -2.12. The Kier molecular flexibility index (Phi) is 6.31. The fraction of sp³-hybridized carbons (Fsp3) is 0.889. The van der Waals surface area contributed by atoms with Gasteiger partial charge in [-0.1, -0.05) is 13.8 Å². The van der Waals surface area contributed by atoms with E-state index in [1.807, 2.05) is 0 Å². The Morgan fingerprint density at radius 1 is 1.33 bits per heavy atom. The van der Waals surface area contributed by atoms with Gasteiger partial charge in [-0.2, -0.15) is 0 Å². The first-order valence-corrected chi connectivity index (χ1v) is 7.03. The highest BCUT2D eigenvalue weighted by Crippen LogP contribution is 1.86. The summed E-state index contributed by atoms with van der Waals surface area (Å²) >= 11 is 0. The van der Waals surface area contributed by atoms with Crippen LogP contribution in [0.1, 0.15) is 13.8 Å². The van der Waals surface area contributed by atoms with E-state index in [0.717, 1.165) is 6.54 Å². The van der Waals surface area contributed by atoms with Crippen molar-refractivity contribution < 1.29 is 8.42 Å². The number of nitrogens with zero attached hydrogens (tertiary/aromatic N) is 1. The number of hydrogen-bond acceptors (Lipinski definition) is 3. The Morgan fingerprint density at radius 2 is 1.93 bits per heavy atom. The van der Waals surface area contributed by atoms with Crippen molar-refractivity contribution in [3.8, 4) is 0 Å². The molecule has 0 aliphatic carbocycles. The highest BCUT2D eigenvalue weighted by atomic mass is 32.2. The third kappa shape index (κ3) is 9.52. The summed E-state index contributed by atoms with van der Waals surface area (Å²) in [7, 11) is -1.24. The van der Waals surface area contributed by atoms with Gasteiger partial charge in [0.05, 0.1) is 5.75 Å². The van der Waals surface area contributed by atoms with Gasteiger partial charge in [0.25, 0.3) is 0 Å². The Hall–Kier alpha value is -0.780. The molecule has 0 saturated heterocycles. The van der Waals surface area contributed by atoms with Crippen LogP contribution in [0.5, 0.6) is 0 Å². The maximum absolute atomic E-state index is 10.9. The molecule has 90 valence electrons. The third-order valence-corrected chi connectivity index (χ3v) is 2.61. The van der Waals surface area contributed by atoms with Crippen LogP contribution in [-0.4, -0.2) is 46.5 Å². The molecule has 0 heterocycles. The van der Waals surface area contributed by atoms with Gasteiger partial charge in [0.15, 0.2) is 5.96 Å². The maximum Gasteiger partial charge on any atom is 0.191 e. The van der Waals surface area contributed by atoms with Gasteiger partial charge >= 0.3 is 0 Å². The second-order valence-corrected chi connectivity index (χ2v) is 6.16. The molecule has 0 aliphatic heterocycles. The standard InChI is InChI=1S/C9H21N3O2S/c1-8(2)7-12-9(10-3)11-5-6-15(4,13)14/h8H,5-7H2,1-4H3,(H2,10,11,12). The van der Waals surface area contributed by atoms with Crippen molar-refractivity contribution in [3.63, 3.8) is 0 Å². The van der Waals surface area contributed by atoms with Crippen molar-refractivity contribution in [3.05, 3.63) is 0 Å². The van der Waals surface area contributed by atoms with Crippen molar-refractivity contribution in [2.75, 3.05) is 32.1 Å². The molecule has 5 nitrogen and oxygen atoms in total. The molecule has 0 atom stereocenters. The van der Waals surface area contributed by atoms with Crippen molar-refractivity contribution in [1.82, 2.24) is 10.6 Å². The average molecular weight is 235 g/mol. The summed E-state index contributed by atoms with van der Waals surface area (Å²) in [6.45, 7) is 5.39. The van der Waals surface area contributed by atoms with Crippen LogP contribution in [0.3, 0.4) is 0 Å². The molecule has 0 unspecified atom stereocenters. The predicted molar refractivity (Wildman–Crippen MR) is 63.9 cm³/mol. The summed E-state index contributed by atoms with van der Waals surface area (Å²) in [5.74, 6) is 1.29. The quantitative estimate of drug-likeness (QED) is 0.514. The Bertz CT molecular complexity index is 296. The summed E-state index contributed by atoms with van der Waals surface area (Å²) in [6.07, 6.45) is 1.22. The van der Waals surface area contributed by atoms with E-state index in [1.54, 1.807) is 7.05 Å². The van der Waals surface area contributed by atoms with E-state index >= 15 is 0 Å². The normalized spacial score (nSPS) is 13.0. The molecular formula is C9H21N3O2S. The van der Waals surface area contributed by atoms with Gasteiger partial charge in [0, 0.05) is 26.4 Å². The SMILES string of the molecule is CN=C(NCCS(C)(=O)=O)NCC(C)C. The van der Waals surface area contributed by atoms with Crippen LogP contribution >= 0.6 is 0 Å². The predicted octanol–water partition coefficient (Wildman–Crippen LogP) is -0.148. The Morgan fingerprint density at radius 3 is 2.33 bits per heavy atom. The van der Waals surface area contributed by atoms with Gasteiger partial charge in [-0.25, -0.2) is 8.42 Å². The summed E-state index contributed by atoms with van der Waals surface area (Å²) < 4.78 is 21.7. The van der Waals surface area contributed by atoms with Gasteiger partial charge in [0.2, 0.25) is 0 Å². The lowest BCUT2D eigenvalue weighted by Crippen LogP contribution is -2.40. The topological polar surface area (TPSA) is 70.6 Å². The summed E-state index contributed by atoms with van der Waals surface area (Å²) in [5.41, 5.74) is 0. The van der Waals surface area contributed by atoms with E-state index in [0.29, 0.717) is 18.4 Å². The first kappa shape index (κ1) is 14.2. The van der Waals surface area contributed by atoms with Crippen molar-refractivity contribution in [2.24, 2.45) is 10.9 Å². The fourth-order valence-electron chi connectivity index (χ4n) is 0.876. The zero-order valence-electron chi connectivity index (χ0n) is 9.87. The van der Waals surface area contributed by atoms with E-state index in [9.17, 15) is 8.42 Å².